The third kappa shape index (κ3) is 3.93. The van der Waals surface area contributed by atoms with E-state index >= 15 is 0 Å². The van der Waals surface area contributed by atoms with Gasteiger partial charge in [0.2, 0.25) is 11.9 Å². The number of nitrogens with zero attached hydrogens (tertiary/aromatic N) is 6. The minimum Gasteiger partial charge on any atom is -0.384 e. The molecule has 2 aromatic rings. The molecule has 5 rings (SSSR count). The molecule has 0 bridgehead atoms. The number of halogens is 2. The lowest BCUT2D eigenvalue weighted by molar-refractivity contribution is -0.221. The molecule has 3 aliphatic heterocycles. The normalized spacial score (nSPS) is 29.5. The monoisotopic (exact) mass is 477 g/mol. The van der Waals surface area contributed by atoms with Crippen molar-refractivity contribution in [1.82, 2.24) is 19.9 Å². The largest absolute Gasteiger partial charge is 0.384 e. The number of hydrogen-bond acceptors (Lipinski definition) is 10. The SMILES string of the molecule is C[C@@H]1COCCN1c1nc(-c2cnc(N)cc2C(F)F)nc(N2C[C@@]3(C)OCCO[C@@]3(C)C2)n1. The van der Waals surface area contributed by atoms with Gasteiger partial charge in [0.15, 0.2) is 5.82 Å². The molecule has 0 saturated carbocycles. The van der Waals surface area contributed by atoms with Gasteiger partial charge in [0.25, 0.3) is 6.43 Å². The van der Waals surface area contributed by atoms with Crippen molar-refractivity contribution < 1.29 is 23.0 Å². The maximum atomic E-state index is 13.9. The summed E-state index contributed by atoms with van der Waals surface area (Å²) in [5, 5.41) is 0. The zero-order valence-electron chi connectivity index (χ0n) is 19.5. The lowest BCUT2D eigenvalue weighted by Gasteiger charge is -2.43. The second kappa shape index (κ2) is 8.51. The van der Waals surface area contributed by atoms with E-state index in [-0.39, 0.29) is 28.8 Å². The van der Waals surface area contributed by atoms with E-state index in [2.05, 4.69) is 15.0 Å². The highest BCUT2D eigenvalue weighted by molar-refractivity contribution is 5.64. The van der Waals surface area contributed by atoms with Gasteiger partial charge in [-0.25, -0.2) is 13.8 Å². The molecule has 10 nitrogen and oxygen atoms in total. The Kier molecular flexibility index (Phi) is 5.77. The molecule has 3 fully saturated rings. The first-order valence-electron chi connectivity index (χ1n) is 11.4. The topological polar surface area (TPSA) is 112 Å². The number of fused-ring (bicyclic) bond motifs is 1. The van der Waals surface area contributed by atoms with Crippen molar-refractivity contribution in [3.05, 3.63) is 17.8 Å². The molecule has 3 saturated heterocycles. The van der Waals surface area contributed by atoms with Crippen LogP contribution in [0.4, 0.5) is 26.5 Å². The van der Waals surface area contributed by atoms with Crippen molar-refractivity contribution in [2.45, 2.75) is 44.4 Å². The minimum absolute atomic E-state index is 0.00844. The molecule has 0 amide bonds. The van der Waals surface area contributed by atoms with Crippen LogP contribution in [0.2, 0.25) is 0 Å². The van der Waals surface area contributed by atoms with Gasteiger partial charge in [0.05, 0.1) is 45.6 Å². The summed E-state index contributed by atoms with van der Waals surface area (Å²) in [6, 6.07) is 1.17. The zero-order valence-corrected chi connectivity index (χ0v) is 19.5. The molecule has 3 aliphatic rings. The zero-order chi connectivity index (χ0) is 24.1. The van der Waals surface area contributed by atoms with Crippen LogP contribution < -0.4 is 15.5 Å². The molecule has 0 radical (unpaired) electrons. The Morgan fingerprint density at radius 3 is 2.38 bits per heavy atom. The Balaban J connectivity index is 1.61. The first-order chi connectivity index (χ1) is 16.2. The summed E-state index contributed by atoms with van der Waals surface area (Å²) >= 11 is 0. The smallest absolute Gasteiger partial charge is 0.264 e. The van der Waals surface area contributed by atoms with Crippen molar-refractivity contribution in [3.63, 3.8) is 0 Å². The average Bonchev–Trinajstić information content (AvgIpc) is 3.10. The van der Waals surface area contributed by atoms with Crippen LogP contribution in [0.5, 0.6) is 0 Å². The van der Waals surface area contributed by atoms with Crippen LogP contribution >= 0.6 is 0 Å². The molecule has 5 heterocycles. The van der Waals surface area contributed by atoms with Gasteiger partial charge in [-0.1, -0.05) is 0 Å². The fourth-order valence-corrected chi connectivity index (χ4v) is 4.81. The number of rotatable bonds is 4. The lowest BCUT2D eigenvalue weighted by atomic mass is 9.88. The van der Waals surface area contributed by atoms with Crippen molar-refractivity contribution >= 4 is 17.7 Å². The summed E-state index contributed by atoms with van der Waals surface area (Å²) in [6.45, 7) is 9.65. The van der Waals surface area contributed by atoms with E-state index in [1.807, 2.05) is 30.6 Å². The number of ether oxygens (including phenoxy) is 3. The summed E-state index contributed by atoms with van der Waals surface area (Å²) in [5.41, 5.74) is 4.42. The summed E-state index contributed by atoms with van der Waals surface area (Å²) < 4.78 is 45.5. The molecule has 0 spiro atoms. The van der Waals surface area contributed by atoms with Gasteiger partial charge in [0.1, 0.15) is 17.0 Å². The van der Waals surface area contributed by atoms with Crippen molar-refractivity contribution in [2.75, 3.05) is 61.6 Å². The standard InChI is InChI=1S/C22H29F2N7O3/c1-13-10-32-5-4-31(13)20-28-18(15-9-26-16(25)8-14(15)17(23)24)27-19(29-20)30-11-21(2)22(3,12-30)34-7-6-33-21/h8-9,13,17H,4-7,10-12H2,1-3H3,(H2,25,26)/t13-,21-,22+/m1/s1. The fraction of sp³-hybridized carbons (Fsp3) is 0.636. The van der Waals surface area contributed by atoms with Crippen LogP contribution in [0.15, 0.2) is 12.3 Å². The Hall–Kier alpha value is -2.70. The van der Waals surface area contributed by atoms with Gasteiger partial charge in [-0.2, -0.15) is 15.0 Å². The van der Waals surface area contributed by atoms with Gasteiger partial charge in [-0.3, -0.25) is 0 Å². The van der Waals surface area contributed by atoms with Crippen LogP contribution in [-0.2, 0) is 14.2 Å². The highest BCUT2D eigenvalue weighted by Gasteiger charge is 2.56. The maximum Gasteiger partial charge on any atom is 0.264 e. The van der Waals surface area contributed by atoms with Gasteiger partial charge >= 0.3 is 0 Å². The number of hydrogen-bond donors (Lipinski definition) is 1. The van der Waals surface area contributed by atoms with E-state index in [0.29, 0.717) is 58.0 Å². The van der Waals surface area contributed by atoms with Crippen LogP contribution in [0, 0.1) is 0 Å². The number of pyridine rings is 1. The predicted molar refractivity (Wildman–Crippen MR) is 121 cm³/mol. The third-order valence-corrected chi connectivity index (χ3v) is 6.98. The van der Waals surface area contributed by atoms with E-state index in [4.69, 9.17) is 24.9 Å². The number of morpholine rings is 1. The molecular weight excluding hydrogens is 448 g/mol. The third-order valence-electron chi connectivity index (χ3n) is 6.98. The Labute approximate surface area is 196 Å². The van der Waals surface area contributed by atoms with E-state index in [0.717, 1.165) is 6.07 Å². The maximum absolute atomic E-state index is 13.9. The van der Waals surface area contributed by atoms with Crippen LogP contribution in [-0.4, -0.2) is 83.2 Å². The number of nitrogen functional groups attached to an aromatic ring is 1. The number of aromatic nitrogens is 4. The molecule has 2 N–H and O–H groups in total. The highest BCUT2D eigenvalue weighted by Crippen LogP contribution is 2.41. The molecule has 12 heteroatoms. The van der Waals surface area contributed by atoms with Crippen molar-refractivity contribution in [3.8, 4) is 11.4 Å². The number of anilines is 3. The van der Waals surface area contributed by atoms with Crippen LogP contribution in [0.3, 0.4) is 0 Å². The molecule has 2 aromatic heterocycles. The van der Waals surface area contributed by atoms with Crippen LogP contribution in [0.1, 0.15) is 32.8 Å². The Morgan fingerprint density at radius 1 is 1.06 bits per heavy atom. The van der Waals surface area contributed by atoms with Gasteiger partial charge < -0.3 is 29.7 Å². The van der Waals surface area contributed by atoms with Gasteiger partial charge in [0, 0.05) is 23.9 Å². The lowest BCUT2D eigenvalue weighted by Crippen LogP contribution is -2.56. The van der Waals surface area contributed by atoms with E-state index in [1.165, 1.54) is 6.20 Å². The second-order valence-corrected chi connectivity index (χ2v) is 9.39. The van der Waals surface area contributed by atoms with Gasteiger partial charge in [-0.15, -0.1) is 0 Å². The van der Waals surface area contributed by atoms with Gasteiger partial charge in [-0.05, 0) is 26.8 Å². The second-order valence-electron chi connectivity index (χ2n) is 9.39. The van der Waals surface area contributed by atoms with E-state index in [9.17, 15) is 8.78 Å². The summed E-state index contributed by atoms with van der Waals surface area (Å²) in [7, 11) is 0. The quantitative estimate of drug-likeness (QED) is 0.702. The highest BCUT2D eigenvalue weighted by atomic mass is 19.3. The molecule has 184 valence electrons. The van der Waals surface area contributed by atoms with Crippen molar-refractivity contribution in [1.29, 1.82) is 0 Å². The fourth-order valence-electron chi connectivity index (χ4n) is 4.81. The molecular formula is C22H29F2N7O3. The molecule has 0 unspecified atom stereocenters. The molecule has 0 aromatic carbocycles. The van der Waals surface area contributed by atoms with E-state index < -0.39 is 17.6 Å². The Bertz CT molecular complexity index is 1060. The number of alkyl halides is 2. The first-order valence-corrected chi connectivity index (χ1v) is 11.4. The summed E-state index contributed by atoms with van der Waals surface area (Å²) in [5.74, 6) is 0.905. The average molecular weight is 478 g/mol. The van der Waals surface area contributed by atoms with E-state index in [1.54, 1.807) is 0 Å². The first kappa shape index (κ1) is 23.1. The van der Waals surface area contributed by atoms with Crippen molar-refractivity contribution in [2.24, 2.45) is 0 Å². The summed E-state index contributed by atoms with van der Waals surface area (Å²) in [4.78, 5) is 22.0. The molecule has 34 heavy (non-hydrogen) atoms. The predicted octanol–water partition coefficient (Wildman–Crippen LogP) is 2.06. The summed E-state index contributed by atoms with van der Waals surface area (Å²) in [6.07, 6.45) is -1.47. The molecule has 0 aliphatic carbocycles. The molecule has 3 atom stereocenters. The Morgan fingerprint density at radius 2 is 1.74 bits per heavy atom. The minimum atomic E-state index is -2.76. The van der Waals surface area contributed by atoms with Crippen LogP contribution in [0.25, 0.3) is 11.4 Å². The number of nitrogens with two attached hydrogens (primary N) is 1.